The average Bonchev–Trinajstić information content (AvgIpc) is 2.86. The molecule has 0 saturated carbocycles. The Hall–Kier alpha value is -3.78. The van der Waals surface area contributed by atoms with Crippen LogP contribution in [0, 0.1) is 34.9 Å². The summed E-state index contributed by atoms with van der Waals surface area (Å²) in [5.41, 5.74) is 7.74. The number of nitrogens with two attached hydrogens (primary N) is 1. The van der Waals surface area contributed by atoms with Gasteiger partial charge in [-0.1, -0.05) is 43.3 Å². The van der Waals surface area contributed by atoms with Gasteiger partial charge in [0.2, 0.25) is 0 Å². The zero-order valence-corrected chi connectivity index (χ0v) is 19.1. The first-order chi connectivity index (χ1) is 17.2. The zero-order chi connectivity index (χ0) is 26.0. The van der Waals surface area contributed by atoms with E-state index in [4.69, 9.17) is 10.5 Å². The van der Waals surface area contributed by atoms with Crippen molar-refractivity contribution in [2.24, 2.45) is 5.73 Å². The predicted octanol–water partition coefficient (Wildman–Crippen LogP) is 7.84. The van der Waals surface area contributed by atoms with Gasteiger partial charge in [-0.25, -0.2) is 26.3 Å². The summed E-state index contributed by atoms with van der Waals surface area (Å²) in [6, 6.07) is 13.9. The lowest BCUT2D eigenvalue weighted by Crippen LogP contribution is -2.10. The molecule has 4 aromatic carbocycles. The molecule has 0 amide bonds. The summed E-state index contributed by atoms with van der Waals surface area (Å²) in [5.74, 6) is -7.14. The molecule has 4 aromatic rings. The second-order valence-corrected chi connectivity index (χ2v) is 8.26. The molecule has 0 spiro atoms. The van der Waals surface area contributed by atoms with Crippen molar-refractivity contribution >= 4 is 0 Å². The lowest BCUT2D eigenvalue weighted by Gasteiger charge is -2.14. The van der Waals surface area contributed by atoms with Crippen LogP contribution in [0.5, 0.6) is 5.75 Å². The molecule has 4 rings (SSSR count). The Kier molecular flexibility index (Phi) is 7.35. The Morgan fingerprint density at radius 3 is 1.81 bits per heavy atom. The van der Waals surface area contributed by atoms with Crippen LogP contribution >= 0.6 is 0 Å². The minimum Gasteiger partial charge on any atom is -0.483 e. The van der Waals surface area contributed by atoms with Crippen LogP contribution in [0.2, 0.25) is 0 Å². The molecule has 0 saturated heterocycles. The van der Waals surface area contributed by atoms with Gasteiger partial charge in [-0.3, -0.25) is 0 Å². The normalized spacial score (nSPS) is 12.0. The molecular weight excluding hydrogens is 480 g/mol. The molecule has 0 aliphatic heterocycles. The van der Waals surface area contributed by atoms with Crippen LogP contribution in [0.15, 0.2) is 66.7 Å². The third-order valence-electron chi connectivity index (χ3n) is 5.82. The highest BCUT2D eigenvalue weighted by Crippen LogP contribution is 2.30. The standard InChI is InChI=1S/C28H21F6NO/c1-2-26(35)19-12-24(32)28(25(33)13-19)36-14-15-3-8-20(21(29)9-15)17-6-4-16(5-7-17)18-10-22(30)27(34)23(31)11-18/h3-13,26H,2,14,35H2,1H3. The summed E-state index contributed by atoms with van der Waals surface area (Å²) in [5, 5.41) is 0. The van der Waals surface area contributed by atoms with Gasteiger partial charge in [0, 0.05) is 11.6 Å². The summed E-state index contributed by atoms with van der Waals surface area (Å²) in [6.07, 6.45) is 0.511. The summed E-state index contributed by atoms with van der Waals surface area (Å²) in [6.45, 7) is 1.52. The summed E-state index contributed by atoms with van der Waals surface area (Å²) >= 11 is 0. The average molecular weight is 501 g/mol. The Labute approximate surface area is 204 Å². The zero-order valence-electron chi connectivity index (χ0n) is 19.1. The quantitative estimate of drug-likeness (QED) is 0.207. The molecule has 0 fully saturated rings. The molecule has 8 heteroatoms. The second kappa shape index (κ2) is 10.5. The fourth-order valence-electron chi connectivity index (χ4n) is 3.77. The summed E-state index contributed by atoms with van der Waals surface area (Å²) in [4.78, 5) is 0. The molecular formula is C28H21F6NO. The molecule has 0 aliphatic carbocycles. The first-order valence-electron chi connectivity index (χ1n) is 11.1. The van der Waals surface area contributed by atoms with Crippen LogP contribution in [-0.2, 0) is 6.61 Å². The molecule has 0 radical (unpaired) electrons. The van der Waals surface area contributed by atoms with Crippen LogP contribution in [0.4, 0.5) is 26.3 Å². The van der Waals surface area contributed by atoms with Gasteiger partial charge in [0.1, 0.15) is 12.4 Å². The minimum atomic E-state index is -1.55. The van der Waals surface area contributed by atoms with E-state index in [9.17, 15) is 26.3 Å². The Bertz CT molecular complexity index is 1360. The maximum absolute atomic E-state index is 14.8. The van der Waals surface area contributed by atoms with E-state index in [1.807, 2.05) is 0 Å². The third-order valence-corrected chi connectivity index (χ3v) is 5.82. The number of hydrogen-bond acceptors (Lipinski definition) is 2. The molecule has 1 unspecified atom stereocenters. The molecule has 36 heavy (non-hydrogen) atoms. The van der Waals surface area contributed by atoms with Crippen LogP contribution in [0.3, 0.4) is 0 Å². The van der Waals surface area contributed by atoms with Gasteiger partial charge < -0.3 is 10.5 Å². The molecule has 0 bridgehead atoms. The third kappa shape index (κ3) is 5.23. The smallest absolute Gasteiger partial charge is 0.194 e. The molecule has 0 aromatic heterocycles. The van der Waals surface area contributed by atoms with Crippen molar-refractivity contribution in [1.82, 2.24) is 0 Å². The Morgan fingerprint density at radius 1 is 0.667 bits per heavy atom. The van der Waals surface area contributed by atoms with Gasteiger partial charge in [0.25, 0.3) is 0 Å². The van der Waals surface area contributed by atoms with Crippen molar-refractivity contribution in [2.75, 3.05) is 0 Å². The van der Waals surface area contributed by atoms with Gasteiger partial charge in [0.05, 0.1) is 0 Å². The van der Waals surface area contributed by atoms with E-state index in [2.05, 4.69) is 0 Å². The van der Waals surface area contributed by atoms with Gasteiger partial charge >= 0.3 is 0 Å². The van der Waals surface area contributed by atoms with Crippen molar-refractivity contribution in [3.63, 3.8) is 0 Å². The van der Waals surface area contributed by atoms with Crippen molar-refractivity contribution in [3.8, 4) is 28.0 Å². The van der Waals surface area contributed by atoms with E-state index in [1.165, 1.54) is 24.3 Å². The number of hydrogen-bond donors (Lipinski definition) is 1. The van der Waals surface area contributed by atoms with Crippen LogP contribution in [0.1, 0.15) is 30.5 Å². The van der Waals surface area contributed by atoms with E-state index in [0.29, 0.717) is 28.7 Å². The lowest BCUT2D eigenvalue weighted by molar-refractivity contribution is 0.273. The van der Waals surface area contributed by atoms with Crippen molar-refractivity contribution in [1.29, 1.82) is 0 Å². The molecule has 1 atom stereocenters. The predicted molar refractivity (Wildman–Crippen MR) is 125 cm³/mol. The van der Waals surface area contributed by atoms with Gasteiger partial charge in [0.15, 0.2) is 34.8 Å². The highest BCUT2D eigenvalue weighted by Gasteiger charge is 2.17. The Morgan fingerprint density at radius 2 is 1.25 bits per heavy atom. The Balaban J connectivity index is 1.50. The maximum Gasteiger partial charge on any atom is 0.194 e. The van der Waals surface area contributed by atoms with E-state index in [0.717, 1.165) is 24.3 Å². The highest BCUT2D eigenvalue weighted by molar-refractivity contribution is 5.71. The van der Waals surface area contributed by atoms with E-state index >= 15 is 0 Å². The van der Waals surface area contributed by atoms with E-state index in [-0.39, 0.29) is 17.7 Å². The fraction of sp³-hybridized carbons (Fsp3) is 0.143. The van der Waals surface area contributed by atoms with Crippen LogP contribution in [-0.4, -0.2) is 0 Å². The fourth-order valence-corrected chi connectivity index (χ4v) is 3.77. The first-order valence-corrected chi connectivity index (χ1v) is 11.1. The van der Waals surface area contributed by atoms with E-state index < -0.39 is 46.7 Å². The van der Waals surface area contributed by atoms with Gasteiger partial charge in [-0.05, 0) is 64.6 Å². The minimum absolute atomic E-state index is 0.134. The number of halogens is 6. The van der Waals surface area contributed by atoms with Gasteiger partial charge in [-0.2, -0.15) is 0 Å². The summed E-state index contributed by atoms with van der Waals surface area (Å²) < 4.78 is 89.0. The van der Waals surface area contributed by atoms with Gasteiger partial charge in [-0.15, -0.1) is 0 Å². The molecule has 186 valence electrons. The van der Waals surface area contributed by atoms with Crippen LogP contribution in [0.25, 0.3) is 22.3 Å². The number of benzene rings is 4. The van der Waals surface area contributed by atoms with Crippen molar-refractivity contribution in [3.05, 3.63) is 113 Å². The molecule has 2 nitrogen and oxygen atoms in total. The second-order valence-electron chi connectivity index (χ2n) is 8.26. The lowest BCUT2D eigenvalue weighted by atomic mass is 9.99. The topological polar surface area (TPSA) is 35.2 Å². The number of ether oxygens (including phenoxy) is 1. The molecule has 0 heterocycles. The van der Waals surface area contributed by atoms with Crippen molar-refractivity contribution in [2.45, 2.75) is 26.0 Å². The molecule has 2 N–H and O–H groups in total. The molecule has 0 aliphatic rings. The SMILES string of the molecule is CCC(N)c1cc(F)c(OCc2ccc(-c3ccc(-c4cc(F)c(F)c(F)c4)cc3)c(F)c2)c(F)c1. The van der Waals surface area contributed by atoms with Crippen molar-refractivity contribution < 1.29 is 31.1 Å². The number of rotatable bonds is 7. The van der Waals surface area contributed by atoms with E-state index in [1.54, 1.807) is 25.1 Å². The largest absolute Gasteiger partial charge is 0.483 e. The van der Waals surface area contributed by atoms with Crippen LogP contribution < -0.4 is 10.5 Å². The highest BCUT2D eigenvalue weighted by atomic mass is 19.2. The monoisotopic (exact) mass is 501 g/mol. The first kappa shape index (κ1) is 25.3. The summed E-state index contributed by atoms with van der Waals surface area (Å²) in [7, 11) is 0. The maximum atomic E-state index is 14.8.